The highest BCUT2D eigenvalue weighted by Gasteiger charge is 2.06. The van der Waals surface area contributed by atoms with Crippen LogP contribution in [0.1, 0.15) is 76.7 Å². The number of aliphatic carboxylic acids is 1. The third-order valence-electron chi connectivity index (χ3n) is 4.07. The molecule has 0 aliphatic rings. The summed E-state index contributed by atoms with van der Waals surface area (Å²) < 4.78 is 5.75. The average Bonchev–Trinajstić information content (AvgIpc) is 2.53. The van der Waals surface area contributed by atoms with Crippen LogP contribution in [0.5, 0.6) is 5.75 Å². The van der Waals surface area contributed by atoms with Gasteiger partial charge in [-0.05, 0) is 12.5 Å². The van der Waals surface area contributed by atoms with E-state index in [4.69, 9.17) is 9.84 Å². The Labute approximate surface area is 141 Å². The van der Waals surface area contributed by atoms with Gasteiger partial charge < -0.3 is 9.84 Å². The van der Waals surface area contributed by atoms with Crippen molar-refractivity contribution in [3.05, 3.63) is 29.8 Å². The molecule has 0 spiro atoms. The van der Waals surface area contributed by atoms with Crippen molar-refractivity contribution in [1.82, 2.24) is 0 Å². The largest absolute Gasteiger partial charge is 0.493 e. The molecule has 0 amide bonds. The maximum Gasteiger partial charge on any atom is 0.307 e. The maximum atomic E-state index is 10.8. The van der Waals surface area contributed by atoms with E-state index >= 15 is 0 Å². The first-order valence-electron chi connectivity index (χ1n) is 9.16. The summed E-state index contributed by atoms with van der Waals surface area (Å²) in [6.45, 7) is 2.93. The normalized spacial score (nSPS) is 10.7. The number of unbranched alkanes of at least 4 members (excludes halogenated alkanes) is 9. The Bertz CT molecular complexity index is 429. The first kappa shape index (κ1) is 19.5. The molecule has 1 aromatic rings. The molecule has 0 unspecified atom stereocenters. The number of carbonyl (C=O) groups is 1. The molecule has 0 aliphatic carbocycles. The Morgan fingerprint density at radius 1 is 0.913 bits per heavy atom. The van der Waals surface area contributed by atoms with Crippen molar-refractivity contribution in [2.75, 3.05) is 6.61 Å². The highest BCUT2D eigenvalue weighted by atomic mass is 16.5. The molecule has 0 saturated carbocycles. The smallest absolute Gasteiger partial charge is 0.307 e. The zero-order valence-corrected chi connectivity index (χ0v) is 14.6. The van der Waals surface area contributed by atoms with E-state index in [1.807, 2.05) is 24.3 Å². The van der Waals surface area contributed by atoms with Gasteiger partial charge in [0.2, 0.25) is 0 Å². The summed E-state index contributed by atoms with van der Waals surface area (Å²) in [4.78, 5) is 10.8. The van der Waals surface area contributed by atoms with Crippen molar-refractivity contribution in [1.29, 1.82) is 0 Å². The van der Waals surface area contributed by atoms with E-state index in [0.717, 1.165) is 12.0 Å². The van der Waals surface area contributed by atoms with Crippen LogP contribution in [0.15, 0.2) is 24.3 Å². The predicted octanol–water partition coefficient (Wildman–Crippen LogP) is 5.61. The van der Waals surface area contributed by atoms with E-state index in [0.29, 0.717) is 12.4 Å². The minimum Gasteiger partial charge on any atom is -0.493 e. The topological polar surface area (TPSA) is 46.5 Å². The SMILES string of the molecule is CCCCCCCCCCCCOc1ccccc1CC(=O)O. The van der Waals surface area contributed by atoms with E-state index in [2.05, 4.69) is 6.92 Å². The van der Waals surface area contributed by atoms with Gasteiger partial charge in [-0.1, -0.05) is 82.9 Å². The summed E-state index contributed by atoms with van der Waals surface area (Å²) in [7, 11) is 0. The van der Waals surface area contributed by atoms with Gasteiger partial charge in [0.05, 0.1) is 13.0 Å². The van der Waals surface area contributed by atoms with Crippen LogP contribution >= 0.6 is 0 Å². The quantitative estimate of drug-likeness (QED) is 0.453. The van der Waals surface area contributed by atoms with Crippen molar-refractivity contribution >= 4 is 5.97 Å². The second-order valence-electron chi connectivity index (χ2n) is 6.21. The van der Waals surface area contributed by atoms with Gasteiger partial charge in [-0.15, -0.1) is 0 Å². The van der Waals surface area contributed by atoms with Crippen molar-refractivity contribution < 1.29 is 14.6 Å². The molecule has 0 aliphatic heterocycles. The van der Waals surface area contributed by atoms with E-state index in [1.165, 1.54) is 57.8 Å². The minimum atomic E-state index is -0.819. The van der Waals surface area contributed by atoms with Gasteiger partial charge in [0, 0.05) is 5.56 Å². The second kappa shape index (κ2) is 13.0. The van der Waals surface area contributed by atoms with Gasteiger partial charge in [0.15, 0.2) is 0 Å². The van der Waals surface area contributed by atoms with Crippen LogP contribution in [-0.2, 0) is 11.2 Å². The van der Waals surface area contributed by atoms with Crippen molar-refractivity contribution in [3.63, 3.8) is 0 Å². The number of ether oxygens (including phenoxy) is 1. The molecule has 23 heavy (non-hydrogen) atoms. The zero-order valence-electron chi connectivity index (χ0n) is 14.6. The lowest BCUT2D eigenvalue weighted by molar-refractivity contribution is -0.136. The van der Waals surface area contributed by atoms with Crippen LogP contribution < -0.4 is 4.74 Å². The number of hydrogen-bond donors (Lipinski definition) is 1. The standard InChI is InChI=1S/C20H32O3/c1-2-3-4-5-6-7-8-9-10-13-16-23-19-15-12-11-14-18(19)17-20(21)22/h11-12,14-15H,2-10,13,16-17H2,1H3,(H,21,22). The van der Waals surface area contributed by atoms with Gasteiger partial charge in [-0.3, -0.25) is 4.79 Å². The number of para-hydroxylation sites is 1. The maximum absolute atomic E-state index is 10.8. The molecule has 1 aromatic carbocycles. The lowest BCUT2D eigenvalue weighted by Gasteiger charge is -2.10. The number of carboxylic acid groups (broad SMARTS) is 1. The molecule has 1 rings (SSSR count). The van der Waals surface area contributed by atoms with Crippen LogP contribution in [0.3, 0.4) is 0 Å². The summed E-state index contributed by atoms with van der Waals surface area (Å²) >= 11 is 0. The van der Waals surface area contributed by atoms with Gasteiger partial charge in [-0.2, -0.15) is 0 Å². The molecule has 0 atom stereocenters. The molecule has 0 heterocycles. The molecule has 3 heteroatoms. The zero-order chi connectivity index (χ0) is 16.8. The third-order valence-corrected chi connectivity index (χ3v) is 4.07. The summed E-state index contributed by atoms with van der Waals surface area (Å²) in [6.07, 6.45) is 13.0. The highest BCUT2D eigenvalue weighted by molar-refractivity contribution is 5.71. The van der Waals surface area contributed by atoms with E-state index in [9.17, 15) is 4.79 Å². The molecular formula is C20H32O3. The minimum absolute atomic E-state index is 0.0220. The average molecular weight is 320 g/mol. The van der Waals surface area contributed by atoms with Crippen LogP contribution in [0.2, 0.25) is 0 Å². The molecule has 0 saturated heterocycles. The van der Waals surface area contributed by atoms with Crippen molar-refractivity contribution in [2.45, 2.75) is 77.6 Å². The van der Waals surface area contributed by atoms with Crippen molar-refractivity contribution in [3.8, 4) is 5.75 Å². The molecule has 0 aromatic heterocycles. The Kier molecular flexibility index (Phi) is 11.0. The fourth-order valence-corrected chi connectivity index (χ4v) is 2.73. The van der Waals surface area contributed by atoms with E-state index in [1.54, 1.807) is 0 Å². The molecule has 3 nitrogen and oxygen atoms in total. The summed E-state index contributed by atoms with van der Waals surface area (Å²) in [5.41, 5.74) is 0.757. The number of rotatable bonds is 14. The summed E-state index contributed by atoms with van der Waals surface area (Å²) in [5, 5.41) is 8.90. The lowest BCUT2D eigenvalue weighted by atomic mass is 10.1. The van der Waals surface area contributed by atoms with Crippen LogP contribution in [0.4, 0.5) is 0 Å². The molecule has 0 radical (unpaired) electrons. The predicted molar refractivity (Wildman–Crippen MR) is 95.1 cm³/mol. The summed E-state index contributed by atoms with van der Waals surface area (Å²) in [5.74, 6) is -0.106. The first-order chi connectivity index (χ1) is 11.2. The second-order valence-corrected chi connectivity index (χ2v) is 6.21. The van der Waals surface area contributed by atoms with Crippen molar-refractivity contribution in [2.24, 2.45) is 0 Å². The van der Waals surface area contributed by atoms with Gasteiger partial charge in [0.1, 0.15) is 5.75 Å². The van der Waals surface area contributed by atoms with E-state index in [-0.39, 0.29) is 6.42 Å². The molecule has 0 fully saturated rings. The molecular weight excluding hydrogens is 288 g/mol. The Hall–Kier alpha value is -1.51. The molecule has 130 valence electrons. The fourth-order valence-electron chi connectivity index (χ4n) is 2.73. The Morgan fingerprint density at radius 2 is 1.48 bits per heavy atom. The van der Waals surface area contributed by atoms with Gasteiger partial charge in [0.25, 0.3) is 0 Å². The van der Waals surface area contributed by atoms with Crippen LogP contribution in [0.25, 0.3) is 0 Å². The number of benzene rings is 1. The lowest BCUT2D eigenvalue weighted by Crippen LogP contribution is -2.04. The third kappa shape index (κ3) is 9.98. The first-order valence-corrected chi connectivity index (χ1v) is 9.16. The van der Waals surface area contributed by atoms with E-state index < -0.39 is 5.97 Å². The fraction of sp³-hybridized carbons (Fsp3) is 0.650. The summed E-state index contributed by atoms with van der Waals surface area (Å²) in [6, 6.07) is 7.42. The monoisotopic (exact) mass is 320 g/mol. The number of carboxylic acids is 1. The van der Waals surface area contributed by atoms with Crippen LogP contribution in [-0.4, -0.2) is 17.7 Å². The molecule has 0 bridgehead atoms. The molecule has 1 N–H and O–H groups in total. The highest BCUT2D eigenvalue weighted by Crippen LogP contribution is 2.19. The van der Waals surface area contributed by atoms with Gasteiger partial charge >= 0.3 is 5.97 Å². The van der Waals surface area contributed by atoms with Gasteiger partial charge in [-0.25, -0.2) is 0 Å². The Morgan fingerprint density at radius 3 is 2.09 bits per heavy atom. The number of hydrogen-bond acceptors (Lipinski definition) is 2. The van der Waals surface area contributed by atoms with Crippen LogP contribution in [0, 0.1) is 0 Å². The Balaban J connectivity index is 2.04.